The van der Waals surface area contributed by atoms with E-state index in [0.717, 1.165) is 11.2 Å². The molecule has 3 aromatic rings. The molecule has 17 heavy (non-hydrogen) atoms. The van der Waals surface area contributed by atoms with Crippen LogP contribution in [0.3, 0.4) is 0 Å². The molecule has 0 unspecified atom stereocenters. The lowest BCUT2D eigenvalue weighted by molar-refractivity contribution is 1.37. The highest BCUT2D eigenvalue weighted by Gasteiger charge is 1.94. The van der Waals surface area contributed by atoms with Crippen molar-refractivity contribution in [3.63, 3.8) is 0 Å². The highest BCUT2D eigenvalue weighted by atomic mass is 32.1. The number of pyridine rings is 1. The highest BCUT2D eigenvalue weighted by Crippen LogP contribution is 2.14. The normalized spacial score (nSPS) is 11.3. The molecule has 0 N–H and O–H groups in total. The van der Waals surface area contributed by atoms with E-state index in [2.05, 4.69) is 46.1 Å². The minimum absolute atomic E-state index is 0.995. The van der Waals surface area contributed by atoms with Gasteiger partial charge in [-0.15, -0.1) is 0 Å². The van der Waals surface area contributed by atoms with Crippen LogP contribution < -0.4 is 0 Å². The molecule has 2 aromatic heterocycles. The van der Waals surface area contributed by atoms with E-state index in [4.69, 9.17) is 0 Å². The van der Waals surface area contributed by atoms with E-state index in [9.17, 15) is 0 Å². The Hall–Kier alpha value is -1.93. The Balaban J connectivity index is 1.96. The number of para-hydroxylation sites is 1. The van der Waals surface area contributed by atoms with Gasteiger partial charge in [0.2, 0.25) is 0 Å². The Morgan fingerprint density at radius 3 is 2.76 bits per heavy atom. The van der Waals surface area contributed by atoms with E-state index < -0.39 is 0 Å². The fourth-order valence-electron chi connectivity index (χ4n) is 1.73. The monoisotopic (exact) mass is 237 g/mol. The van der Waals surface area contributed by atoms with Crippen molar-refractivity contribution in [1.82, 2.24) is 4.98 Å². The molecule has 0 amide bonds. The minimum atomic E-state index is 0.995. The zero-order chi connectivity index (χ0) is 11.5. The van der Waals surface area contributed by atoms with Gasteiger partial charge in [-0.05, 0) is 40.6 Å². The van der Waals surface area contributed by atoms with E-state index in [1.807, 2.05) is 24.3 Å². The molecule has 0 aliphatic rings. The molecule has 0 saturated heterocycles. The maximum absolute atomic E-state index is 4.59. The van der Waals surface area contributed by atoms with Gasteiger partial charge in [0.25, 0.3) is 0 Å². The number of benzene rings is 1. The van der Waals surface area contributed by atoms with E-state index in [1.165, 1.54) is 10.9 Å². The van der Waals surface area contributed by atoms with Crippen molar-refractivity contribution in [2.75, 3.05) is 0 Å². The van der Waals surface area contributed by atoms with Crippen molar-refractivity contribution in [1.29, 1.82) is 0 Å². The molecule has 0 radical (unpaired) electrons. The lowest BCUT2D eigenvalue weighted by Crippen LogP contribution is -1.82. The smallest absolute Gasteiger partial charge is 0.0709 e. The number of rotatable bonds is 2. The van der Waals surface area contributed by atoms with Crippen molar-refractivity contribution in [3.05, 3.63) is 64.5 Å². The second kappa shape index (κ2) is 4.52. The third kappa shape index (κ3) is 2.27. The second-order valence-electron chi connectivity index (χ2n) is 3.82. The van der Waals surface area contributed by atoms with Crippen LogP contribution in [0, 0.1) is 0 Å². The van der Waals surface area contributed by atoms with Crippen LogP contribution in [-0.4, -0.2) is 4.98 Å². The van der Waals surface area contributed by atoms with E-state index in [-0.39, 0.29) is 0 Å². The van der Waals surface area contributed by atoms with Crippen molar-refractivity contribution >= 4 is 34.4 Å². The number of fused-ring (bicyclic) bond motifs is 1. The third-order valence-corrected chi connectivity index (χ3v) is 3.31. The molecule has 0 fully saturated rings. The molecule has 0 saturated carbocycles. The van der Waals surface area contributed by atoms with Crippen LogP contribution in [0.1, 0.15) is 11.3 Å². The largest absolute Gasteiger partial charge is 0.248 e. The van der Waals surface area contributed by atoms with Gasteiger partial charge in [0.05, 0.1) is 11.2 Å². The summed E-state index contributed by atoms with van der Waals surface area (Å²) in [6.07, 6.45) is 4.14. The number of aromatic nitrogens is 1. The zero-order valence-electron chi connectivity index (χ0n) is 9.21. The molecular weight excluding hydrogens is 226 g/mol. The molecule has 0 atom stereocenters. The Morgan fingerprint density at radius 1 is 0.941 bits per heavy atom. The second-order valence-corrected chi connectivity index (χ2v) is 4.60. The number of hydrogen-bond donors (Lipinski definition) is 0. The zero-order valence-corrected chi connectivity index (χ0v) is 10.0. The molecule has 2 heterocycles. The van der Waals surface area contributed by atoms with Crippen molar-refractivity contribution in [2.24, 2.45) is 0 Å². The van der Waals surface area contributed by atoms with Gasteiger partial charge in [0, 0.05) is 5.39 Å². The SMILES string of the molecule is C(=C\c1ccc2ccccc2n1)/c1ccsc1. The first kappa shape index (κ1) is 10.2. The summed E-state index contributed by atoms with van der Waals surface area (Å²) in [7, 11) is 0. The minimum Gasteiger partial charge on any atom is -0.248 e. The van der Waals surface area contributed by atoms with Gasteiger partial charge in [0.15, 0.2) is 0 Å². The predicted octanol–water partition coefficient (Wildman–Crippen LogP) is 4.47. The fraction of sp³-hybridized carbons (Fsp3) is 0. The average Bonchev–Trinajstić information content (AvgIpc) is 2.89. The number of nitrogens with zero attached hydrogens (tertiary/aromatic N) is 1. The molecule has 1 aromatic carbocycles. The maximum Gasteiger partial charge on any atom is 0.0709 e. The van der Waals surface area contributed by atoms with Gasteiger partial charge in [-0.1, -0.05) is 30.3 Å². The van der Waals surface area contributed by atoms with Gasteiger partial charge in [-0.3, -0.25) is 0 Å². The molecule has 0 aliphatic carbocycles. The van der Waals surface area contributed by atoms with Crippen molar-refractivity contribution < 1.29 is 0 Å². The molecule has 82 valence electrons. The Labute approximate surface area is 104 Å². The summed E-state index contributed by atoms with van der Waals surface area (Å²) in [5.41, 5.74) is 3.26. The van der Waals surface area contributed by atoms with Crippen LogP contribution in [-0.2, 0) is 0 Å². The Kier molecular flexibility index (Phi) is 2.72. The van der Waals surface area contributed by atoms with E-state index >= 15 is 0 Å². The molecule has 0 aliphatic heterocycles. The first-order valence-corrected chi connectivity index (χ1v) is 6.42. The standard InChI is InChI=1S/C15H11NS/c1-2-4-15-13(3-1)6-8-14(16-15)7-5-12-9-10-17-11-12/h1-11H/b7-5+. The summed E-state index contributed by atoms with van der Waals surface area (Å²) in [5, 5.41) is 5.38. The number of hydrogen-bond acceptors (Lipinski definition) is 2. The van der Waals surface area contributed by atoms with Gasteiger partial charge >= 0.3 is 0 Å². The van der Waals surface area contributed by atoms with Crippen LogP contribution in [0.2, 0.25) is 0 Å². The maximum atomic E-state index is 4.59. The average molecular weight is 237 g/mol. The van der Waals surface area contributed by atoms with Gasteiger partial charge in [-0.25, -0.2) is 4.98 Å². The topological polar surface area (TPSA) is 12.9 Å². The van der Waals surface area contributed by atoms with Gasteiger partial charge in [-0.2, -0.15) is 11.3 Å². The van der Waals surface area contributed by atoms with E-state index in [0.29, 0.717) is 0 Å². The molecule has 2 heteroatoms. The van der Waals surface area contributed by atoms with Crippen LogP contribution in [0.25, 0.3) is 23.1 Å². The Morgan fingerprint density at radius 2 is 1.88 bits per heavy atom. The van der Waals surface area contributed by atoms with Crippen molar-refractivity contribution in [2.45, 2.75) is 0 Å². The van der Waals surface area contributed by atoms with Crippen LogP contribution in [0.5, 0.6) is 0 Å². The molecule has 3 rings (SSSR count). The molecular formula is C15H11NS. The third-order valence-electron chi connectivity index (χ3n) is 2.61. The fourth-order valence-corrected chi connectivity index (χ4v) is 2.35. The molecule has 0 bridgehead atoms. The van der Waals surface area contributed by atoms with E-state index in [1.54, 1.807) is 11.3 Å². The first-order chi connectivity index (χ1) is 8.42. The summed E-state index contributed by atoms with van der Waals surface area (Å²) in [4.78, 5) is 4.59. The predicted molar refractivity (Wildman–Crippen MR) is 75.0 cm³/mol. The highest BCUT2D eigenvalue weighted by molar-refractivity contribution is 7.08. The van der Waals surface area contributed by atoms with Gasteiger partial charge in [0.1, 0.15) is 0 Å². The first-order valence-electron chi connectivity index (χ1n) is 5.48. The van der Waals surface area contributed by atoms with Crippen molar-refractivity contribution in [3.8, 4) is 0 Å². The van der Waals surface area contributed by atoms with Gasteiger partial charge < -0.3 is 0 Å². The lowest BCUT2D eigenvalue weighted by atomic mass is 10.2. The summed E-state index contributed by atoms with van der Waals surface area (Å²) in [6, 6.07) is 14.4. The summed E-state index contributed by atoms with van der Waals surface area (Å²) < 4.78 is 0. The number of thiophene rings is 1. The molecule has 1 nitrogen and oxygen atoms in total. The summed E-state index contributed by atoms with van der Waals surface area (Å²) in [6.45, 7) is 0. The van der Waals surface area contributed by atoms with Crippen LogP contribution in [0.15, 0.2) is 53.2 Å². The lowest BCUT2D eigenvalue weighted by Gasteiger charge is -1.97. The quantitative estimate of drug-likeness (QED) is 0.641. The van der Waals surface area contributed by atoms with Crippen LogP contribution in [0.4, 0.5) is 0 Å². The Bertz CT molecular complexity index is 654. The van der Waals surface area contributed by atoms with Crippen LogP contribution >= 0.6 is 11.3 Å². The molecule has 0 spiro atoms. The summed E-state index contributed by atoms with van der Waals surface area (Å²) >= 11 is 1.71. The summed E-state index contributed by atoms with van der Waals surface area (Å²) in [5.74, 6) is 0.